The third kappa shape index (κ3) is 9.32. The van der Waals surface area contributed by atoms with Gasteiger partial charge in [0, 0.05) is 22.4 Å². The molecule has 0 fully saturated rings. The van der Waals surface area contributed by atoms with Gasteiger partial charge in [0.25, 0.3) is 11.8 Å². The van der Waals surface area contributed by atoms with E-state index >= 15 is 0 Å². The fourth-order valence-corrected chi connectivity index (χ4v) is 2.83. The highest BCUT2D eigenvalue weighted by molar-refractivity contribution is 5.97. The number of hydrogen-bond donors (Lipinski definition) is 6. The van der Waals surface area contributed by atoms with Crippen molar-refractivity contribution < 1.29 is 24.7 Å². The minimum atomic E-state index is -1.30. The van der Waals surface area contributed by atoms with Crippen LogP contribution in [0.5, 0.6) is 0 Å². The maximum absolute atomic E-state index is 12.3. The fraction of sp³-hybridized carbons (Fsp3) is 0.269. The van der Waals surface area contributed by atoms with E-state index in [9.17, 15) is 19.5 Å². The highest BCUT2D eigenvalue weighted by atomic mass is 16.5. The zero-order valence-electron chi connectivity index (χ0n) is 19.5. The van der Waals surface area contributed by atoms with Crippen LogP contribution in [0.4, 0.5) is 5.69 Å². The SMILES string of the molecule is CCCNCC(=O)Nc1ccc(C#CC#Cc2ccc(C(=O)N[C@H](C(=O)NO)[C@@H](C)O)cc2)cc1. The Bertz CT molecular complexity index is 1140. The number of aliphatic hydroxyl groups excluding tert-OH is 1. The number of amides is 3. The molecule has 0 radical (unpaired) electrons. The lowest BCUT2D eigenvalue weighted by molar-refractivity contribution is -0.133. The van der Waals surface area contributed by atoms with Gasteiger partial charge in [0.05, 0.1) is 12.6 Å². The number of carbonyl (C=O) groups excluding carboxylic acids is 3. The van der Waals surface area contributed by atoms with Crippen molar-refractivity contribution in [1.29, 1.82) is 0 Å². The smallest absolute Gasteiger partial charge is 0.268 e. The monoisotopic (exact) mass is 476 g/mol. The van der Waals surface area contributed by atoms with E-state index in [-0.39, 0.29) is 18.0 Å². The van der Waals surface area contributed by atoms with Crippen molar-refractivity contribution in [3.05, 3.63) is 65.2 Å². The second-order valence-corrected chi connectivity index (χ2v) is 7.55. The van der Waals surface area contributed by atoms with Crippen LogP contribution in [0, 0.1) is 23.7 Å². The van der Waals surface area contributed by atoms with Crippen molar-refractivity contribution in [2.45, 2.75) is 32.4 Å². The molecule has 0 heterocycles. The van der Waals surface area contributed by atoms with E-state index in [4.69, 9.17) is 5.21 Å². The van der Waals surface area contributed by atoms with Gasteiger partial charge in [-0.2, -0.15) is 0 Å². The molecule has 2 aromatic carbocycles. The average molecular weight is 477 g/mol. The number of aliphatic hydroxyl groups is 1. The summed E-state index contributed by atoms with van der Waals surface area (Å²) in [5.41, 5.74) is 3.72. The van der Waals surface area contributed by atoms with Gasteiger partial charge in [-0.1, -0.05) is 18.8 Å². The molecule has 0 aliphatic heterocycles. The summed E-state index contributed by atoms with van der Waals surface area (Å²) in [6.07, 6.45) is -0.234. The number of nitrogens with one attached hydrogen (secondary N) is 4. The third-order valence-electron chi connectivity index (χ3n) is 4.67. The second-order valence-electron chi connectivity index (χ2n) is 7.55. The van der Waals surface area contributed by atoms with Gasteiger partial charge in [-0.25, -0.2) is 5.48 Å². The molecule has 35 heavy (non-hydrogen) atoms. The number of benzene rings is 2. The normalized spacial score (nSPS) is 11.5. The summed E-state index contributed by atoms with van der Waals surface area (Å²) < 4.78 is 0. The molecule has 182 valence electrons. The Morgan fingerprint density at radius 3 is 2.03 bits per heavy atom. The van der Waals surface area contributed by atoms with Crippen LogP contribution in [0.1, 0.15) is 41.8 Å². The first-order chi connectivity index (χ1) is 16.8. The molecule has 0 saturated carbocycles. The predicted molar refractivity (Wildman–Crippen MR) is 131 cm³/mol. The predicted octanol–water partition coefficient (Wildman–Crippen LogP) is 1.01. The van der Waals surface area contributed by atoms with Gasteiger partial charge in [-0.05, 0) is 80.3 Å². The summed E-state index contributed by atoms with van der Waals surface area (Å²) in [6, 6.07) is 12.1. The van der Waals surface area contributed by atoms with E-state index in [2.05, 4.69) is 39.6 Å². The highest BCUT2D eigenvalue weighted by Crippen LogP contribution is 2.08. The summed E-state index contributed by atoms with van der Waals surface area (Å²) >= 11 is 0. The van der Waals surface area contributed by atoms with Gasteiger partial charge in [0.2, 0.25) is 5.91 Å². The molecule has 2 aromatic rings. The number of rotatable bonds is 9. The second kappa shape index (κ2) is 14.2. The molecular formula is C26H28N4O5. The number of hydrogen-bond acceptors (Lipinski definition) is 6. The molecule has 0 aliphatic rings. The van der Waals surface area contributed by atoms with Gasteiger partial charge in [0.15, 0.2) is 0 Å². The number of hydroxylamine groups is 1. The van der Waals surface area contributed by atoms with E-state index in [0.29, 0.717) is 11.3 Å². The van der Waals surface area contributed by atoms with Crippen molar-refractivity contribution in [2.75, 3.05) is 18.4 Å². The largest absolute Gasteiger partial charge is 0.391 e. The number of carbonyl (C=O) groups is 3. The Morgan fingerprint density at radius 1 is 0.943 bits per heavy atom. The standard InChI is InChI=1S/C26H28N4O5/c1-3-16-27-17-23(32)28-22-14-10-20(11-15-22)7-5-4-6-19-8-12-21(13-9-19)25(33)29-24(18(2)31)26(34)30-35/h8-15,18,24,27,31,35H,3,16-17H2,1-2H3,(H,28,32)(H,29,33)(H,30,34)/t18-,24+/m1/s1. The van der Waals surface area contributed by atoms with Gasteiger partial charge >= 0.3 is 0 Å². The zero-order chi connectivity index (χ0) is 25.6. The molecule has 2 rings (SSSR count). The van der Waals surface area contributed by atoms with Crippen molar-refractivity contribution in [3.8, 4) is 23.7 Å². The first kappa shape index (κ1) is 27.1. The molecule has 2 atom stereocenters. The van der Waals surface area contributed by atoms with Gasteiger partial charge < -0.3 is 21.1 Å². The zero-order valence-corrected chi connectivity index (χ0v) is 19.5. The summed E-state index contributed by atoms with van der Waals surface area (Å²) in [5.74, 6) is 9.67. The Hall–Kier alpha value is -4.15. The van der Waals surface area contributed by atoms with Crippen LogP contribution in [0.3, 0.4) is 0 Å². The molecule has 0 bridgehead atoms. The van der Waals surface area contributed by atoms with Crippen LogP contribution in [0.25, 0.3) is 0 Å². The van der Waals surface area contributed by atoms with Crippen molar-refractivity contribution in [3.63, 3.8) is 0 Å². The minimum absolute atomic E-state index is 0.106. The van der Waals surface area contributed by atoms with Crippen molar-refractivity contribution in [2.24, 2.45) is 0 Å². The molecule has 0 saturated heterocycles. The number of anilines is 1. The van der Waals surface area contributed by atoms with E-state index in [0.717, 1.165) is 18.5 Å². The van der Waals surface area contributed by atoms with Crippen LogP contribution in [-0.2, 0) is 9.59 Å². The molecule has 6 N–H and O–H groups in total. The average Bonchev–Trinajstić information content (AvgIpc) is 2.86. The topological polar surface area (TPSA) is 140 Å². The molecule has 0 aromatic heterocycles. The Morgan fingerprint density at radius 2 is 1.51 bits per heavy atom. The Labute approximate surface area is 204 Å². The van der Waals surface area contributed by atoms with Crippen molar-refractivity contribution in [1.82, 2.24) is 16.1 Å². The molecule has 0 aliphatic carbocycles. The fourth-order valence-electron chi connectivity index (χ4n) is 2.83. The maximum Gasteiger partial charge on any atom is 0.268 e. The molecule has 0 unspecified atom stereocenters. The van der Waals surface area contributed by atoms with Crippen molar-refractivity contribution >= 4 is 23.4 Å². The van der Waals surface area contributed by atoms with Crippen LogP contribution in [0.2, 0.25) is 0 Å². The summed E-state index contributed by atoms with van der Waals surface area (Å²) in [4.78, 5) is 35.6. The third-order valence-corrected chi connectivity index (χ3v) is 4.67. The lowest BCUT2D eigenvalue weighted by Gasteiger charge is -2.19. The van der Waals surface area contributed by atoms with Gasteiger partial charge in [-0.15, -0.1) is 0 Å². The molecule has 3 amide bonds. The van der Waals surface area contributed by atoms with E-state index in [1.807, 2.05) is 6.92 Å². The van der Waals surface area contributed by atoms with Gasteiger partial charge in [0.1, 0.15) is 6.04 Å². The summed E-state index contributed by atoms with van der Waals surface area (Å²) in [6.45, 7) is 4.41. The molecular weight excluding hydrogens is 448 g/mol. The first-order valence-electron chi connectivity index (χ1n) is 11.0. The van der Waals surface area contributed by atoms with Gasteiger partial charge in [-0.3, -0.25) is 19.6 Å². The van der Waals surface area contributed by atoms with Crippen LogP contribution in [0.15, 0.2) is 48.5 Å². The maximum atomic E-state index is 12.3. The van der Waals surface area contributed by atoms with E-state index in [1.165, 1.54) is 24.5 Å². The lowest BCUT2D eigenvalue weighted by atomic mass is 10.1. The van der Waals surface area contributed by atoms with Crippen LogP contribution < -0.4 is 21.4 Å². The van der Waals surface area contributed by atoms with E-state index < -0.39 is 24.0 Å². The molecule has 0 spiro atoms. The lowest BCUT2D eigenvalue weighted by Crippen LogP contribution is -2.51. The molecule has 9 heteroatoms. The van der Waals surface area contributed by atoms with E-state index in [1.54, 1.807) is 36.4 Å². The highest BCUT2D eigenvalue weighted by Gasteiger charge is 2.25. The summed E-state index contributed by atoms with van der Waals surface area (Å²) in [5, 5.41) is 26.5. The Balaban J connectivity index is 1.92. The first-order valence-corrected chi connectivity index (χ1v) is 11.0. The quantitative estimate of drug-likeness (QED) is 0.138. The van der Waals surface area contributed by atoms with Crippen LogP contribution >= 0.6 is 0 Å². The van der Waals surface area contributed by atoms with Crippen LogP contribution in [-0.4, -0.2) is 53.3 Å². The minimum Gasteiger partial charge on any atom is -0.391 e. The molecule has 9 nitrogen and oxygen atoms in total. The Kier molecular flexibility index (Phi) is 11.0. The summed E-state index contributed by atoms with van der Waals surface area (Å²) in [7, 11) is 0.